The average molecular weight is 504 g/mol. The first kappa shape index (κ1) is 23.9. The fourth-order valence-corrected chi connectivity index (χ4v) is 4.94. The third-order valence-electron chi connectivity index (χ3n) is 7.08. The summed E-state index contributed by atoms with van der Waals surface area (Å²) in [5, 5.41) is 4.59. The van der Waals surface area contributed by atoms with Gasteiger partial charge in [0.25, 0.3) is 0 Å². The molecule has 1 aromatic carbocycles. The molecular formula is C28H31F2N7. The zero-order valence-electron chi connectivity index (χ0n) is 21.2. The molecule has 2 aliphatic rings. The molecule has 9 heteroatoms. The van der Waals surface area contributed by atoms with E-state index in [1.165, 1.54) is 12.1 Å². The van der Waals surface area contributed by atoms with Gasteiger partial charge >= 0.3 is 0 Å². The van der Waals surface area contributed by atoms with Crippen LogP contribution in [0, 0.1) is 17.6 Å². The van der Waals surface area contributed by atoms with E-state index in [0.717, 1.165) is 85.3 Å². The second-order valence-electron chi connectivity index (χ2n) is 10.6. The Morgan fingerprint density at radius 1 is 0.973 bits per heavy atom. The van der Waals surface area contributed by atoms with Gasteiger partial charge in [0.1, 0.15) is 22.8 Å². The van der Waals surface area contributed by atoms with Crippen molar-refractivity contribution in [3.05, 3.63) is 65.7 Å². The minimum atomic E-state index is -0.551. The van der Waals surface area contributed by atoms with Crippen LogP contribution in [0.1, 0.15) is 44.0 Å². The van der Waals surface area contributed by atoms with Crippen molar-refractivity contribution in [3.8, 4) is 11.3 Å². The van der Waals surface area contributed by atoms with Crippen molar-refractivity contribution in [2.24, 2.45) is 5.92 Å². The van der Waals surface area contributed by atoms with E-state index >= 15 is 0 Å². The fourth-order valence-electron chi connectivity index (χ4n) is 4.94. The fraction of sp³-hybridized carbons (Fsp3) is 0.429. The van der Waals surface area contributed by atoms with Crippen molar-refractivity contribution in [1.29, 1.82) is 0 Å². The summed E-state index contributed by atoms with van der Waals surface area (Å²) >= 11 is 0. The van der Waals surface area contributed by atoms with Gasteiger partial charge in [-0.2, -0.15) is 5.10 Å². The molecule has 2 fully saturated rings. The summed E-state index contributed by atoms with van der Waals surface area (Å²) in [5.41, 5.74) is 4.92. The Hall–Kier alpha value is -3.46. The standard InChI is InChI=1S/C28H31F2N7/c1-18(2)11-22-13-25-26(15-31-22)33-27(20-14-32-37(17-20)23-5-6-23)28(34-25)36-9-7-35(8-10-36)16-19-3-4-21(29)12-24(19)30/h3-4,12-15,17-18,23H,5-11,16H2,1-2H3. The van der Waals surface area contributed by atoms with Crippen LogP contribution < -0.4 is 4.90 Å². The number of pyridine rings is 1. The molecule has 7 nitrogen and oxygen atoms in total. The lowest BCUT2D eigenvalue weighted by Crippen LogP contribution is -2.46. The number of hydrogen-bond donors (Lipinski definition) is 0. The van der Waals surface area contributed by atoms with Crippen LogP contribution in [0.5, 0.6) is 0 Å². The van der Waals surface area contributed by atoms with Gasteiger partial charge in [-0.05, 0) is 37.3 Å². The molecular weight excluding hydrogens is 472 g/mol. The summed E-state index contributed by atoms with van der Waals surface area (Å²) in [7, 11) is 0. The molecule has 1 saturated heterocycles. The number of rotatable bonds is 7. The summed E-state index contributed by atoms with van der Waals surface area (Å²) in [4.78, 5) is 19.2. The third kappa shape index (κ3) is 5.18. The van der Waals surface area contributed by atoms with Gasteiger partial charge in [0.2, 0.25) is 0 Å². The van der Waals surface area contributed by atoms with E-state index in [0.29, 0.717) is 24.1 Å². The van der Waals surface area contributed by atoms with Gasteiger partial charge in [-0.25, -0.2) is 18.7 Å². The van der Waals surface area contributed by atoms with Gasteiger partial charge in [0, 0.05) is 61.8 Å². The first-order chi connectivity index (χ1) is 17.9. The average Bonchev–Trinajstić information content (AvgIpc) is 3.61. The van der Waals surface area contributed by atoms with E-state index in [1.54, 1.807) is 0 Å². The molecule has 0 bridgehead atoms. The van der Waals surface area contributed by atoms with Crippen molar-refractivity contribution in [2.45, 2.75) is 45.7 Å². The topological polar surface area (TPSA) is 63.0 Å². The first-order valence-corrected chi connectivity index (χ1v) is 13.1. The zero-order valence-corrected chi connectivity index (χ0v) is 21.2. The van der Waals surface area contributed by atoms with Crippen LogP contribution in [0.2, 0.25) is 0 Å². The molecule has 1 aliphatic heterocycles. The maximum absolute atomic E-state index is 14.2. The normalized spacial score (nSPS) is 16.7. The summed E-state index contributed by atoms with van der Waals surface area (Å²) in [6, 6.07) is 6.34. The lowest BCUT2D eigenvalue weighted by molar-refractivity contribution is 0.246. The van der Waals surface area contributed by atoms with Crippen LogP contribution in [0.25, 0.3) is 22.3 Å². The van der Waals surface area contributed by atoms with Crippen molar-refractivity contribution in [3.63, 3.8) is 0 Å². The Morgan fingerprint density at radius 3 is 2.51 bits per heavy atom. The molecule has 37 heavy (non-hydrogen) atoms. The zero-order chi connectivity index (χ0) is 25.5. The highest BCUT2D eigenvalue weighted by Gasteiger charge is 2.27. The molecule has 0 spiro atoms. The smallest absolute Gasteiger partial charge is 0.156 e. The van der Waals surface area contributed by atoms with Gasteiger partial charge in [-0.3, -0.25) is 14.6 Å². The molecule has 1 aliphatic carbocycles. The highest BCUT2D eigenvalue weighted by Crippen LogP contribution is 2.36. The van der Waals surface area contributed by atoms with Crippen LogP contribution in [-0.2, 0) is 13.0 Å². The van der Waals surface area contributed by atoms with Gasteiger partial charge in [0.05, 0.1) is 24.0 Å². The Labute approximate surface area is 215 Å². The maximum atomic E-state index is 14.2. The number of nitrogens with zero attached hydrogens (tertiary/aromatic N) is 7. The molecule has 6 rings (SSSR count). The minimum absolute atomic E-state index is 0.453. The Morgan fingerprint density at radius 2 is 1.78 bits per heavy atom. The summed E-state index contributed by atoms with van der Waals surface area (Å²) in [6.07, 6.45) is 9.00. The second-order valence-corrected chi connectivity index (χ2v) is 10.6. The Balaban J connectivity index is 1.29. The lowest BCUT2D eigenvalue weighted by Gasteiger charge is -2.36. The van der Waals surface area contributed by atoms with E-state index in [4.69, 9.17) is 9.97 Å². The highest BCUT2D eigenvalue weighted by molar-refractivity contribution is 5.83. The second kappa shape index (κ2) is 9.78. The predicted octanol–water partition coefficient (Wildman–Crippen LogP) is 5.02. The van der Waals surface area contributed by atoms with E-state index in [2.05, 4.69) is 46.0 Å². The quantitative estimate of drug-likeness (QED) is 0.353. The maximum Gasteiger partial charge on any atom is 0.156 e. The van der Waals surface area contributed by atoms with Gasteiger partial charge in [-0.1, -0.05) is 19.9 Å². The lowest BCUT2D eigenvalue weighted by atomic mass is 10.1. The Bertz CT molecular complexity index is 1420. The number of anilines is 1. The molecule has 192 valence electrons. The van der Waals surface area contributed by atoms with Crippen LogP contribution in [0.15, 0.2) is 42.9 Å². The number of hydrogen-bond acceptors (Lipinski definition) is 6. The van der Waals surface area contributed by atoms with Crippen molar-refractivity contribution >= 4 is 16.9 Å². The number of fused-ring (bicyclic) bond motifs is 1. The molecule has 3 aromatic heterocycles. The van der Waals surface area contributed by atoms with Crippen LogP contribution in [-0.4, -0.2) is 55.8 Å². The van der Waals surface area contributed by atoms with E-state index in [1.807, 2.05) is 17.1 Å². The van der Waals surface area contributed by atoms with E-state index < -0.39 is 11.6 Å². The van der Waals surface area contributed by atoms with Crippen LogP contribution in [0.3, 0.4) is 0 Å². The molecule has 4 heterocycles. The number of aromatic nitrogens is 5. The van der Waals surface area contributed by atoms with Gasteiger partial charge in [-0.15, -0.1) is 0 Å². The summed E-state index contributed by atoms with van der Waals surface area (Å²) in [6.45, 7) is 7.77. The van der Waals surface area contributed by atoms with Crippen LogP contribution >= 0.6 is 0 Å². The number of benzene rings is 1. The molecule has 0 amide bonds. The number of halogens is 2. The summed E-state index contributed by atoms with van der Waals surface area (Å²) in [5.74, 6) is 0.301. The molecule has 0 atom stereocenters. The Kier molecular flexibility index (Phi) is 6.32. The molecule has 0 N–H and O–H groups in total. The van der Waals surface area contributed by atoms with Gasteiger partial charge < -0.3 is 4.90 Å². The van der Waals surface area contributed by atoms with Crippen molar-refractivity contribution < 1.29 is 8.78 Å². The van der Waals surface area contributed by atoms with Crippen molar-refractivity contribution in [1.82, 2.24) is 29.6 Å². The summed E-state index contributed by atoms with van der Waals surface area (Å²) < 4.78 is 29.5. The molecule has 0 unspecified atom stereocenters. The van der Waals surface area contributed by atoms with Crippen molar-refractivity contribution in [2.75, 3.05) is 31.1 Å². The highest BCUT2D eigenvalue weighted by atomic mass is 19.1. The van der Waals surface area contributed by atoms with Crippen LogP contribution in [0.4, 0.5) is 14.6 Å². The first-order valence-electron chi connectivity index (χ1n) is 13.1. The van der Waals surface area contributed by atoms with E-state index in [-0.39, 0.29) is 0 Å². The number of piperazine rings is 1. The van der Waals surface area contributed by atoms with Gasteiger partial charge in [0.15, 0.2) is 5.82 Å². The largest absolute Gasteiger partial charge is 0.352 e. The third-order valence-corrected chi connectivity index (χ3v) is 7.08. The molecule has 0 radical (unpaired) electrons. The molecule has 1 saturated carbocycles. The SMILES string of the molecule is CC(C)Cc1cc2nc(N3CCN(Cc4ccc(F)cc4F)CC3)c(-c3cnn(C4CC4)c3)nc2cn1. The monoisotopic (exact) mass is 503 g/mol. The predicted molar refractivity (Wildman–Crippen MR) is 139 cm³/mol. The van der Waals surface area contributed by atoms with E-state index in [9.17, 15) is 8.78 Å². The minimum Gasteiger partial charge on any atom is -0.352 e. The molecule has 4 aromatic rings.